The molecule has 3 N–H and O–H groups in total. The van der Waals surface area contributed by atoms with Gasteiger partial charge in [-0.25, -0.2) is 9.80 Å². The van der Waals surface area contributed by atoms with Gasteiger partial charge in [-0.2, -0.15) is 0 Å². The zero-order valence-electron chi connectivity index (χ0n) is 7.29. The molecule has 0 bridgehead atoms. The van der Waals surface area contributed by atoms with Crippen LogP contribution in [0.15, 0.2) is 0 Å². The lowest BCUT2D eigenvalue weighted by Crippen LogP contribution is -2.48. The number of nitrogens with zero attached hydrogens (tertiary/aromatic N) is 1. The van der Waals surface area contributed by atoms with E-state index >= 15 is 0 Å². The quantitative estimate of drug-likeness (QED) is 0.492. The van der Waals surface area contributed by atoms with Gasteiger partial charge in [-0.3, -0.25) is 10.2 Å². The molecule has 0 aliphatic carbocycles. The molecule has 0 heterocycles. The third kappa shape index (κ3) is 4.51. The zero-order chi connectivity index (χ0) is 9.72. The molecular weight excluding hydrogens is 162 g/mol. The summed E-state index contributed by atoms with van der Waals surface area (Å²) >= 11 is 0. The topological polar surface area (TPSA) is 81.7 Å². The average Bonchev–Trinajstić information content (AvgIpc) is 1.84. The maximum absolute atomic E-state index is 10.8. The molecule has 0 aromatic rings. The Morgan fingerprint density at radius 1 is 1.42 bits per heavy atom. The number of carbonyl (C=O) groups excluding carboxylic acids is 1. The lowest BCUT2D eigenvalue weighted by Gasteiger charge is -2.14. The Morgan fingerprint density at radius 2 is 1.92 bits per heavy atom. The highest BCUT2D eigenvalue weighted by Crippen LogP contribution is 1.80. The van der Waals surface area contributed by atoms with Crippen LogP contribution in [0.25, 0.3) is 0 Å². The third-order valence-electron chi connectivity index (χ3n) is 1.04. The van der Waals surface area contributed by atoms with Crippen LogP contribution in [0.2, 0.25) is 0 Å². The summed E-state index contributed by atoms with van der Waals surface area (Å²) in [5, 5.41) is 12.0. The molecule has 12 heavy (non-hydrogen) atoms. The van der Waals surface area contributed by atoms with Gasteiger partial charge in [-0.05, 0) is 6.92 Å². The molecule has 70 valence electrons. The number of hydrazine groups is 1. The van der Waals surface area contributed by atoms with Crippen LogP contribution in [0.1, 0.15) is 6.92 Å². The van der Waals surface area contributed by atoms with Crippen LogP contribution in [0.3, 0.4) is 0 Å². The Bertz CT molecular complexity index is 181. The fourth-order valence-electron chi connectivity index (χ4n) is 0.494. The summed E-state index contributed by atoms with van der Waals surface area (Å²) < 4.78 is 0. The van der Waals surface area contributed by atoms with E-state index in [1.807, 2.05) is 0 Å². The molecule has 6 heteroatoms. The number of carboxylic acids is 1. The number of amides is 2. The van der Waals surface area contributed by atoms with E-state index in [0.717, 1.165) is 0 Å². The number of aliphatic carboxylic acids is 1. The van der Waals surface area contributed by atoms with Crippen molar-refractivity contribution in [3.05, 3.63) is 0 Å². The fraction of sp³-hybridized carbons (Fsp3) is 0.667. The third-order valence-corrected chi connectivity index (χ3v) is 1.04. The van der Waals surface area contributed by atoms with E-state index in [1.165, 1.54) is 11.9 Å². The summed E-state index contributed by atoms with van der Waals surface area (Å²) in [5.74, 6) is -1.07. The molecule has 0 unspecified atom stereocenters. The first-order valence-corrected chi connectivity index (χ1v) is 3.40. The van der Waals surface area contributed by atoms with Crippen LogP contribution in [0.4, 0.5) is 4.79 Å². The highest BCUT2D eigenvalue weighted by Gasteiger charge is 2.13. The van der Waals surface area contributed by atoms with Gasteiger partial charge in [0.2, 0.25) is 0 Å². The number of urea groups is 1. The standard InChI is InChI=1S/C6H13N3O3/c1-4(5(10)11)7-6(12)8-9(2)3/h4H,1-3H3,(H,10,11)(H2,7,8,12)/t4-/m1/s1. The van der Waals surface area contributed by atoms with E-state index in [9.17, 15) is 9.59 Å². The largest absolute Gasteiger partial charge is 0.480 e. The van der Waals surface area contributed by atoms with E-state index in [0.29, 0.717) is 0 Å². The maximum Gasteiger partial charge on any atom is 0.329 e. The van der Waals surface area contributed by atoms with Gasteiger partial charge in [0.05, 0.1) is 0 Å². The maximum atomic E-state index is 10.8. The summed E-state index contributed by atoms with van der Waals surface area (Å²) in [6, 6.07) is -1.42. The summed E-state index contributed by atoms with van der Waals surface area (Å²) in [5.41, 5.74) is 2.35. The summed E-state index contributed by atoms with van der Waals surface area (Å²) in [7, 11) is 3.26. The molecule has 0 saturated heterocycles. The molecule has 0 rings (SSSR count). The minimum atomic E-state index is -1.07. The molecular formula is C6H13N3O3. The van der Waals surface area contributed by atoms with Gasteiger partial charge in [0.1, 0.15) is 6.04 Å². The predicted octanol–water partition coefficient (Wildman–Crippen LogP) is -0.765. The van der Waals surface area contributed by atoms with E-state index in [-0.39, 0.29) is 0 Å². The summed E-state index contributed by atoms with van der Waals surface area (Å²) in [6.45, 7) is 1.39. The van der Waals surface area contributed by atoms with Gasteiger partial charge in [-0.1, -0.05) is 0 Å². The Kier molecular flexibility index (Phi) is 4.06. The van der Waals surface area contributed by atoms with Crippen molar-refractivity contribution in [1.29, 1.82) is 0 Å². The molecule has 0 fully saturated rings. The van der Waals surface area contributed by atoms with Crippen LogP contribution < -0.4 is 10.7 Å². The minimum absolute atomic E-state index is 0.532. The second-order valence-electron chi connectivity index (χ2n) is 2.54. The first-order valence-electron chi connectivity index (χ1n) is 3.40. The van der Waals surface area contributed by atoms with E-state index in [2.05, 4.69) is 10.7 Å². The van der Waals surface area contributed by atoms with Gasteiger partial charge < -0.3 is 10.4 Å². The monoisotopic (exact) mass is 175 g/mol. The first kappa shape index (κ1) is 10.7. The van der Waals surface area contributed by atoms with Crippen molar-refractivity contribution >= 4 is 12.0 Å². The Morgan fingerprint density at radius 3 is 2.25 bits per heavy atom. The molecule has 0 aliphatic heterocycles. The lowest BCUT2D eigenvalue weighted by molar-refractivity contribution is -0.138. The Balaban J connectivity index is 3.77. The molecule has 0 spiro atoms. The molecule has 0 aromatic heterocycles. The van der Waals surface area contributed by atoms with Crippen molar-refractivity contribution in [2.45, 2.75) is 13.0 Å². The van der Waals surface area contributed by atoms with Crippen LogP contribution in [0.5, 0.6) is 0 Å². The van der Waals surface area contributed by atoms with Crippen LogP contribution in [0, 0.1) is 0 Å². The van der Waals surface area contributed by atoms with E-state index in [1.54, 1.807) is 14.1 Å². The second-order valence-corrected chi connectivity index (χ2v) is 2.54. The van der Waals surface area contributed by atoms with Crippen molar-refractivity contribution in [2.75, 3.05) is 14.1 Å². The van der Waals surface area contributed by atoms with E-state index < -0.39 is 18.0 Å². The Labute approximate surface area is 70.5 Å². The van der Waals surface area contributed by atoms with Gasteiger partial charge in [0.25, 0.3) is 0 Å². The van der Waals surface area contributed by atoms with Crippen LogP contribution >= 0.6 is 0 Å². The molecule has 2 amide bonds. The second kappa shape index (κ2) is 4.55. The molecule has 6 nitrogen and oxygen atoms in total. The number of hydrogen-bond acceptors (Lipinski definition) is 3. The molecule has 1 atom stereocenters. The lowest BCUT2D eigenvalue weighted by atomic mass is 10.3. The number of carbonyl (C=O) groups is 2. The number of carboxylic acid groups (broad SMARTS) is 1. The predicted molar refractivity (Wildman–Crippen MR) is 42.5 cm³/mol. The highest BCUT2D eigenvalue weighted by atomic mass is 16.4. The molecule has 0 saturated carbocycles. The van der Waals surface area contributed by atoms with E-state index in [4.69, 9.17) is 5.11 Å². The number of rotatable bonds is 3. The summed E-state index contributed by atoms with van der Waals surface area (Å²) in [4.78, 5) is 21.1. The van der Waals surface area contributed by atoms with Crippen molar-refractivity contribution in [3.8, 4) is 0 Å². The summed E-state index contributed by atoms with van der Waals surface area (Å²) in [6.07, 6.45) is 0. The zero-order valence-corrected chi connectivity index (χ0v) is 7.29. The highest BCUT2D eigenvalue weighted by molar-refractivity contribution is 5.81. The van der Waals surface area contributed by atoms with Crippen LogP contribution in [-0.4, -0.2) is 42.3 Å². The smallest absolute Gasteiger partial charge is 0.329 e. The van der Waals surface area contributed by atoms with Crippen molar-refractivity contribution in [1.82, 2.24) is 15.8 Å². The van der Waals surface area contributed by atoms with Gasteiger partial charge >= 0.3 is 12.0 Å². The van der Waals surface area contributed by atoms with Gasteiger partial charge in [-0.15, -0.1) is 0 Å². The van der Waals surface area contributed by atoms with Gasteiger partial charge in [0, 0.05) is 14.1 Å². The normalized spacial score (nSPS) is 12.3. The van der Waals surface area contributed by atoms with Gasteiger partial charge in [0.15, 0.2) is 0 Å². The first-order chi connectivity index (χ1) is 5.43. The van der Waals surface area contributed by atoms with Crippen LogP contribution in [-0.2, 0) is 4.79 Å². The average molecular weight is 175 g/mol. The Hall–Kier alpha value is -1.30. The minimum Gasteiger partial charge on any atom is -0.480 e. The number of nitrogens with one attached hydrogen (secondary N) is 2. The molecule has 0 aliphatic rings. The van der Waals surface area contributed by atoms with Crippen molar-refractivity contribution in [3.63, 3.8) is 0 Å². The molecule has 0 aromatic carbocycles. The van der Waals surface area contributed by atoms with Crippen molar-refractivity contribution < 1.29 is 14.7 Å². The SMILES string of the molecule is C[C@@H](NC(=O)NN(C)C)C(=O)O. The molecule has 0 radical (unpaired) electrons. The van der Waals surface area contributed by atoms with Crippen molar-refractivity contribution in [2.24, 2.45) is 0 Å². The fourth-order valence-corrected chi connectivity index (χ4v) is 0.494. The number of hydrogen-bond donors (Lipinski definition) is 3.